The van der Waals surface area contributed by atoms with Crippen molar-refractivity contribution < 1.29 is 4.79 Å². The number of piperazine rings is 1. The number of fused-ring (bicyclic) bond motifs is 1. The number of carbonyl (C=O) groups is 1. The van der Waals surface area contributed by atoms with Gasteiger partial charge in [0.15, 0.2) is 0 Å². The largest absolute Gasteiger partial charge is 0.368 e. The fraction of sp³-hybridized carbons (Fsp3) is 0.550. The van der Waals surface area contributed by atoms with E-state index in [0.717, 1.165) is 63.3 Å². The summed E-state index contributed by atoms with van der Waals surface area (Å²) in [7, 11) is 3.81. The van der Waals surface area contributed by atoms with Crippen LogP contribution in [0.5, 0.6) is 0 Å². The number of aryl methyl sites for hydroxylation is 1. The number of anilines is 1. The highest BCUT2D eigenvalue weighted by Crippen LogP contribution is 2.22. The average Bonchev–Trinajstić information content (AvgIpc) is 2.70. The van der Waals surface area contributed by atoms with Crippen LogP contribution in [0.15, 0.2) is 29.3 Å². The molecule has 0 N–H and O–H groups in total. The van der Waals surface area contributed by atoms with Crippen molar-refractivity contribution in [2.45, 2.75) is 12.8 Å². The first-order valence-electron chi connectivity index (χ1n) is 9.70. The molecule has 0 saturated carbocycles. The lowest BCUT2D eigenvalue weighted by Gasteiger charge is -2.39. The van der Waals surface area contributed by atoms with Gasteiger partial charge in [-0.1, -0.05) is 0 Å². The van der Waals surface area contributed by atoms with E-state index in [-0.39, 0.29) is 11.5 Å². The molecule has 27 heavy (non-hydrogen) atoms. The zero-order valence-corrected chi connectivity index (χ0v) is 16.1. The maximum Gasteiger partial charge on any atom is 0.260 e. The first-order valence-corrected chi connectivity index (χ1v) is 9.70. The van der Waals surface area contributed by atoms with Gasteiger partial charge in [0.2, 0.25) is 5.91 Å². The standard InChI is InChI=1S/C20H27N5O2/c1-22-7-3-4-15(13-22)19(26)25-10-8-24(9-11-25)16-5-6-17-18(12-16)21-14-23(2)20(17)27/h5-6,12,14-15H,3-4,7-11,13H2,1-2H3. The summed E-state index contributed by atoms with van der Waals surface area (Å²) >= 11 is 0. The number of likely N-dealkylation sites (tertiary alicyclic amines) is 1. The highest BCUT2D eigenvalue weighted by Gasteiger charge is 2.30. The van der Waals surface area contributed by atoms with E-state index < -0.39 is 0 Å². The number of amides is 1. The van der Waals surface area contributed by atoms with Gasteiger partial charge in [-0.15, -0.1) is 0 Å². The first-order chi connectivity index (χ1) is 13.0. The fourth-order valence-corrected chi connectivity index (χ4v) is 4.21. The topological polar surface area (TPSA) is 61.7 Å². The second-order valence-corrected chi connectivity index (χ2v) is 7.78. The predicted octanol–water partition coefficient (Wildman–Crippen LogP) is 0.924. The highest BCUT2D eigenvalue weighted by molar-refractivity contribution is 5.82. The van der Waals surface area contributed by atoms with Gasteiger partial charge in [-0.3, -0.25) is 9.59 Å². The van der Waals surface area contributed by atoms with Crippen molar-refractivity contribution in [1.29, 1.82) is 0 Å². The van der Waals surface area contributed by atoms with Gasteiger partial charge >= 0.3 is 0 Å². The highest BCUT2D eigenvalue weighted by atomic mass is 16.2. The van der Waals surface area contributed by atoms with Crippen LogP contribution in [0.3, 0.4) is 0 Å². The number of hydrogen-bond donors (Lipinski definition) is 0. The molecule has 0 bridgehead atoms. The van der Waals surface area contributed by atoms with Crippen LogP contribution in [0.1, 0.15) is 12.8 Å². The number of nitrogens with zero attached hydrogens (tertiary/aromatic N) is 5. The Morgan fingerprint density at radius 3 is 2.63 bits per heavy atom. The zero-order valence-electron chi connectivity index (χ0n) is 16.1. The van der Waals surface area contributed by atoms with Gasteiger partial charge in [-0.2, -0.15) is 0 Å². The van der Waals surface area contributed by atoms with Crippen molar-refractivity contribution in [2.24, 2.45) is 13.0 Å². The van der Waals surface area contributed by atoms with E-state index in [2.05, 4.69) is 21.8 Å². The van der Waals surface area contributed by atoms with E-state index >= 15 is 0 Å². The minimum absolute atomic E-state index is 0.0283. The molecule has 1 amide bonds. The molecule has 0 spiro atoms. The molecule has 2 aromatic rings. The molecule has 1 atom stereocenters. The third-order valence-corrected chi connectivity index (χ3v) is 5.83. The molecule has 2 saturated heterocycles. The number of carbonyl (C=O) groups excluding carboxylic acids is 1. The van der Waals surface area contributed by atoms with E-state index in [0.29, 0.717) is 11.3 Å². The van der Waals surface area contributed by atoms with Gasteiger partial charge in [0.25, 0.3) is 5.56 Å². The van der Waals surface area contributed by atoms with Crippen LogP contribution < -0.4 is 10.5 Å². The van der Waals surface area contributed by atoms with E-state index in [4.69, 9.17) is 0 Å². The summed E-state index contributed by atoms with van der Waals surface area (Å²) in [5.41, 5.74) is 1.76. The Labute approximate surface area is 159 Å². The van der Waals surface area contributed by atoms with Crippen molar-refractivity contribution in [3.63, 3.8) is 0 Å². The molecule has 3 heterocycles. The van der Waals surface area contributed by atoms with Crippen molar-refractivity contribution in [1.82, 2.24) is 19.4 Å². The van der Waals surface area contributed by atoms with E-state index in [1.54, 1.807) is 13.4 Å². The minimum Gasteiger partial charge on any atom is -0.368 e. The van der Waals surface area contributed by atoms with Crippen LogP contribution in [-0.2, 0) is 11.8 Å². The van der Waals surface area contributed by atoms with Gasteiger partial charge < -0.3 is 19.3 Å². The van der Waals surface area contributed by atoms with Crippen molar-refractivity contribution in [2.75, 3.05) is 51.2 Å². The predicted molar refractivity (Wildman–Crippen MR) is 106 cm³/mol. The molecule has 1 unspecified atom stereocenters. The molecule has 0 aliphatic carbocycles. The van der Waals surface area contributed by atoms with Gasteiger partial charge in [0.1, 0.15) is 0 Å². The van der Waals surface area contributed by atoms with Gasteiger partial charge in [-0.05, 0) is 44.6 Å². The molecule has 4 rings (SSSR count). The lowest BCUT2D eigenvalue weighted by molar-refractivity contribution is -0.137. The maximum absolute atomic E-state index is 12.8. The molecule has 0 radical (unpaired) electrons. The maximum atomic E-state index is 12.8. The van der Waals surface area contributed by atoms with E-state index in [1.807, 2.05) is 23.1 Å². The van der Waals surface area contributed by atoms with Crippen molar-refractivity contribution in [3.8, 4) is 0 Å². The van der Waals surface area contributed by atoms with Gasteiger partial charge in [-0.25, -0.2) is 4.98 Å². The van der Waals surface area contributed by atoms with Crippen LogP contribution in [0.4, 0.5) is 5.69 Å². The van der Waals surface area contributed by atoms with Crippen molar-refractivity contribution >= 4 is 22.5 Å². The van der Waals surface area contributed by atoms with Gasteiger partial charge in [0.05, 0.1) is 23.1 Å². The third-order valence-electron chi connectivity index (χ3n) is 5.83. The Morgan fingerprint density at radius 2 is 1.89 bits per heavy atom. The minimum atomic E-state index is -0.0283. The quantitative estimate of drug-likeness (QED) is 0.788. The third kappa shape index (κ3) is 3.56. The van der Waals surface area contributed by atoms with E-state index in [9.17, 15) is 9.59 Å². The second kappa shape index (κ2) is 7.31. The Hall–Kier alpha value is -2.41. The van der Waals surface area contributed by atoms with Crippen LogP contribution >= 0.6 is 0 Å². The van der Waals surface area contributed by atoms with Crippen LogP contribution in [0.2, 0.25) is 0 Å². The number of hydrogen-bond acceptors (Lipinski definition) is 5. The zero-order chi connectivity index (χ0) is 19.0. The smallest absolute Gasteiger partial charge is 0.260 e. The van der Waals surface area contributed by atoms with E-state index in [1.165, 1.54) is 4.57 Å². The molecular formula is C20H27N5O2. The first kappa shape index (κ1) is 18.0. The monoisotopic (exact) mass is 369 g/mol. The molecule has 1 aromatic heterocycles. The normalized spacial score (nSPS) is 21.6. The van der Waals surface area contributed by atoms with Gasteiger partial charge in [0, 0.05) is 45.5 Å². The number of benzene rings is 1. The second-order valence-electron chi connectivity index (χ2n) is 7.78. The Bertz CT molecular complexity index is 901. The molecule has 2 aliphatic rings. The lowest BCUT2D eigenvalue weighted by Crippen LogP contribution is -2.52. The Balaban J connectivity index is 1.43. The molecule has 144 valence electrons. The van der Waals surface area contributed by atoms with Crippen LogP contribution in [0, 0.1) is 5.92 Å². The number of piperidine rings is 1. The lowest BCUT2D eigenvalue weighted by atomic mass is 9.96. The summed E-state index contributed by atoms with van der Waals surface area (Å²) in [5.74, 6) is 0.459. The summed E-state index contributed by atoms with van der Waals surface area (Å²) < 4.78 is 1.50. The SMILES string of the molecule is CN1CCCC(C(=O)N2CCN(c3ccc4c(=O)n(C)cnc4c3)CC2)C1. The average molecular weight is 369 g/mol. The van der Waals surface area contributed by atoms with Crippen LogP contribution in [0.25, 0.3) is 10.9 Å². The molecule has 2 aliphatic heterocycles. The Morgan fingerprint density at radius 1 is 1.11 bits per heavy atom. The summed E-state index contributed by atoms with van der Waals surface area (Å²) in [5, 5.41) is 0.638. The Kier molecular flexibility index (Phi) is 4.86. The summed E-state index contributed by atoms with van der Waals surface area (Å²) in [6, 6.07) is 5.82. The number of rotatable bonds is 2. The van der Waals surface area contributed by atoms with Crippen molar-refractivity contribution in [3.05, 3.63) is 34.9 Å². The molecule has 1 aromatic carbocycles. The fourth-order valence-electron chi connectivity index (χ4n) is 4.21. The summed E-state index contributed by atoms with van der Waals surface area (Å²) in [4.78, 5) is 35.9. The van der Waals surface area contributed by atoms with Crippen LogP contribution in [-0.4, -0.2) is 71.6 Å². The molecule has 7 heteroatoms. The number of aromatic nitrogens is 2. The molecular weight excluding hydrogens is 342 g/mol. The molecule has 7 nitrogen and oxygen atoms in total. The molecule has 2 fully saturated rings. The summed E-state index contributed by atoms with van der Waals surface area (Å²) in [6.45, 7) is 5.10. The summed E-state index contributed by atoms with van der Waals surface area (Å²) in [6.07, 6.45) is 3.68.